The summed E-state index contributed by atoms with van der Waals surface area (Å²) >= 11 is 0. The normalized spacial score (nSPS) is 25.5. The quantitative estimate of drug-likeness (QED) is 0.603. The number of hydroxylamine groups is 1. The van der Waals surface area contributed by atoms with E-state index >= 15 is 0 Å². The summed E-state index contributed by atoms with van der Waals surface area (Å²) in [6.45, 7) is 3.79. The number of ether oxygens (including phenoxy) is 1. The first-order chi connectivity index (χ1) is 4.68. The first-order valence-electron chi connectivity index (χ1n) is 3.28. The third-order valence-corrected chi connectivity index (χ3v) is 1.08. The molecule has 58 valence electrons. The van der Waals surface area contributed by atoms with Crippen molar-refractivity contribution in [3.05, 3.63) is 0 Å². The molecule has 10 heavy (non-hydrogen) atoms. The van der Waals surface area contributed by atoms with Gasteiger partial charge in [-0.05, 0) is 13.8 Å². The highest BCUT2D eigenvalue weighted by molar-refractivity contribution is 5.76. The van der Waals surface area contributed by atoms with Crippen LogP contribution >= 0.6 is 0 Å². The molecule has 1 aliphatic heterocycles. The van der Waals surface area contributed by atoms with E-state index in [1.807, 2.05) is 13.8 Å². The Morgan fingerprint density at radius 2 is 2.50 bits per heavy atom. The van der Waals surface area contributed by atoms with Gasteiger partial charge in [0.05, 0.1) is 12.5 Å². The third-order valence-electron chi connectivity index (χ3n) is 1.08. The highest BCUT2D eigenvalue weighted by Crippen LogP contribution is 2.08. The first kappa shape index (κ1) is 7.50. The minimum Gasteiger partial charge on any atom is -0.347 e. The minimum atomic E-state index is -0.396. The second kappa shape index (κ2) is 2.98. The van der Waals surface area contributed by atoms with Crippen LogP contribution in [0.5, 0.6) is 0 Å². The molecule has 0 radical (unpaired) electrons. The second-order valence-corrected chi connectivity index (χ2v) is 2.46. The zero-order chi connectivity index (χ0) is 7.56. The van der Waals surface area contributed by atoms with Crippen molar-refractivity contribution in [2.45, 2.75) is 32.7 Å². The molecule has 0 saturated carbocycles. The summed E-state index contributed by atoms with van der Waals surface area (Å²) in [5.41, 5.74) is 2.21. The molecule has 0 aliphatic carbocycles. The van der Waals surface area contributed by atoms with E-state index in [0.29, 0.717) is 6.42 Å². The molecule has 1 fully saturated rings. The fourth-order valence-electron chi connectivity index (χ4n) is 0.746. The van der Waals surface area contributed by atoms with Crippen LogP contribution in [0.15, 0.2) is 0 Å². The maximum absolute atomic E-state index is 10.5. The number of hydrogen-bond acceptors (Lipinski definition) is 3. The van der Waals surface area contributed by atoms with Gasteiger partial charge in [0, 0.05) is 0 Å². The summed E-state index contributed by atoms with van der Waals surface area (Å²) in [5.74, 6) is -0.120. The molecule has 0 aromatic rings. The van der Waals surface area contributed by atoms with Crippen LogP contribution in [-0.4, -0.2) is 18.3 Å². The Hall–Kier alpha value is -0.610. The number of carbonyl (C=O) groups is 1. The predicted molar refractivity (Wildman–Crippen MR) is 33.9 cm³/mol. The average molecular weight is 145 g/mol. The van der Waals surface area contributed by atoms with Crippen molar-refractivity contribution in [3.8, 4) is 0 Å². The highest BCUT2D eigenvalue weighted by Gasteiger charge is 2.23. The van der Waals surface area contributed by atoms with Crippen LogP contribution in [0.4, 0.5) is 0 Å². The molecule has 1 N–H and O–H groups in total. The molecular weight excluding hydrogens is 134 g/mol. The van der Waals surface area contributed by atoms with Crippen LogP contribution in [0, 0.1) is 0 Å². The Bertz CT molecular complexity index is 135. The summed E-state index contributed by atoms with van der Waals surface area (Å²) in [5, 5.41) is 0. The molecule has 1 atom stereocenters. The monoisotopic (exact) mass is 145 g/mol. The van der Waals surface area contributed by atoms with Crippen molar-refractivity contribution in [3.63, 3.8) is 0 Å². The van der Waals surface area contributed by atoms with Gasteiger partial charge < -0.3 is 4.74 Å². The molecule has 1 amide bonds. The SMILES string of the molecule is CC(C)OC1CC(=O)NO1. The van der Waals surface area contributed by atoms with Crippen LogP contribution in [0.3, 0.4) is 0 Å². The molecule has 4 nitrogen and oxygen atoms in total. The lowest BCUT2D eigenvalue weighted by atomic mass is 10.4. The maximum Gasteiger partial charge on any atom is 0.248 e. The van der Waals surface area contributed by atoms with E-state index in [9.17, 15) is 4.79 Å². The van der Waals surface area contributed by atoms with E-state index in [-0.39, 0.29) is 12.0 Å². The van der Waals surface area contributed by atoms with Gasteiger partial charge >= 0.3 is 0 Å². The van der Waals surface area contributed by atoms with Crippen molar-refractivity contribution in [1.82, 2.24) is 5.48 Å². The fourth-order valence-corrected chi connectivity index (χ4v) is 0.746. The van der Waals surface area contributed by atoms with Crippen molar-refractivity contribution in [2.75, 3.05) is 0 Å². The van der Waals surface area contributed by atoms with E-state index in [0.717, 1.165) is 0 Å². The van der Waals surface area contributed by atoms with Gasteiger partial charge in [-0.1, -0.05) is 0 Å². The van der Waals surface area contributed by atoms with Crippen molar-refractivity contribution in [1.29, 1.82) is 0 Å². The van der Waals surface area contributed by atoms with Crippen molar-refractivity contribution < 1.29 is 14.4 Å². The lowest BCUT2D eigenvalue weighted by molar-refractivity contribution is -0.162. The first-order valence-corrected chi connectivity index (χ1v) is 3.28. The van der Waals surface area contributed by atoms with Crippen molar-refractivity contribution >= 4 is 5.91 Å². The number of rotatable bonds is 2. The zero-order valence-corrected chi connectivity index (χ0v) is 6.09. The Labute approximate surface area is 59.5 Å². The number of hydrogen-bond donors (Lipinski definition) is 1. The summed E-state index contributed by atoms with van der Waals surface area (Å²) in [7, 11) is 0. The zero-order valence-electron chi connectivity index (χ0n) is 6.09. The van der Waals surface area contributed by atoms with E-state index < -0.39 is 6.29 Å². The molecule has 1 unspecified atom stereocenters. The van der Waals surface area contributed by atoms with Gasteiger partial charge in [-0.25, -0.2) is 10.3 Å². The van der Waals surface area contributed by atoms with E-state index in [1.54, 1.807) is 0 Å². The Balaban J connectivity index is 2.24. The molecule has 0 spiro atoms. The van der Waals surface area contributed by atoms with Gasteiger partial charge in [-0.15, -0.1) is 0 Å². The topological polar surface area (TPSA) is 47.6 Å². The molecule has 1 aliphatic rings. The third kappa shape index (κ3) is 1.97. The number of nitrogens with one attached hydrogen (secondary N) is 1. The Morgan fingerprint density at radius 1 is 1.80 bits per heavy atom. The van der Waals surface area contributed by atoms with Gasteiger partial charge in [0.25, 0.3) is 0 Å². The number of amides is 1. The van der Waals surface area contributed by atoms with Crippen molar-refractivity contribution in [2.24, 2.45) is 0 Å². The lowest BCUT2D eigenvalue weighted by Gasteiger charge is -2.10. The smallest absolute Gasteiger partial charge is 0.248 e. The van der Waals surface area contributed by atoms with Crippen LogP contribution in [0.25, 0.3) is 0 Å². The Morgan fingerprint density at radius 3 is 2.90 bits per heavy atom. The second-order valence-electron chi connectivity index (χ2n) is 2.46. The highest BCUT2D eigenvalue weighted by atomic mass is 16.8. The van der Waals surface area contributed by atoms with Gasteiger partial charge in [0.2, 0.25) is 5.91 Å². The molecule has 1 heterocycles. The summed E-state index contributed by atoms with van der Waals surface area (Å²) < 4.78 is 5.18. The van der Waals surface area contributed by atoms with Gasteiger partial charge in [-0.3, -0.25) is 4.79 Å². The van der Waals surface area contributed by atoms with Crippen LogP contribution < -0.4 is 5.48 Å². The van der Waals surface area contributed by atoms with E-state index in [1.165, 1.54) is 0 Å². The van der Waals surface area contributed by atoms with Gasteiger partial charge in [0.1, 0.15) is 0 Å². The van der Waals surface area contributed by atoms with E-state index in [4.69, 9.17) is 9.57 Å². The molecule has 0 aromatic carbocycles. The predicted octanol–water partition coefficient (Wildman–Crippen LogP) is 0.189. The average Bonchev–Trinajstić information content (AvgIpc) is 2.13. The summed E-state index contributed by atoms with van der Waals surface area (Å²) in [4.78, 5) is 15.3. The van der Waals surface area contributed by atoms with Crippen LogP contribution in [-0.2, 0) is 14.4 Å². The van der Waals surface area contributed by atoms with Gasteiger partial charge in [-0.2, -0.15) is 0 Å². The summed E-state index contributed by atoms with van der Waals surface area (Å²) in [6, 6.07) is 0. The van der Waals surface area contributed by atoms with Gasteiger partial charge in [0.15, 0.2) is 6.29 Å². The molecule has 0 aromatic heterocycles. The molecular formula is C6H11NO3. The molecule has 0 bridgehead atoms. The lowest BCUT2D eigenvalue weighted by Crippen LogP contribution is -2.18. The van der Waals surface area contributed by atoms with Crippen LogP contribution in [0.2, 0.25) is 0 Å². The minimum absolute atomic E-state index is 0.0951. The van der Waals surface area contributed by atoms with Crippen LogP contribution in [0.1, 0.15) is 20.3 Å². The summed E-state index contributed by atoms with van der Waals surface area (Å²) in [6.07, 6.45) is 0.00301. The molecule has 4 heteroatoms. The van der Waals surface area contributed by atoms with E-state index in [2.05, 4.69) is 5.48 Å². The standard InChI is InChI=1S/C6H11NO3/c1-4(2)9-6-3-5(8)7-10-6/h4,6H,3H2,1-2H3,(H,7,8). The Kier molecular flexibility index (Phi) is 2.24. The maximum atomic E-state index is 10.5. The largest absolute Gasteiger partial charge is 0.347 e. The molecule has 1 saturated heterocycles. The number of carbonyl (C=O) groups excluding carboxylic acids is 1. The molecule has 1 rings (SSSR count). The fraction of sp³-hybridized carbons (Fsp3) is 0.833.